The number of hydrogen-bond acceptors (Lipinski definition) is 3. The summed E-state index contributed by atoms with van der Waals surface area (Å²) in [4.78, 5) is 0.311. The Labute approximate surface area is 115 Å². The van der Waals surface area contributed by atoms with Crippen LogP contribution in [0.1, 0.15) is 27.2 Å². The van der Waals surface area contributed by atoms with Crippen molar-refractivity contribution in [2.45, 2.75) is 44.2 Å². The van der Waals surface area contributed by atoms with Gasteiger partial charge in [-0.2, -0.15) is 0 Å². The van der Waals surface area contributed by atoms with Crippen LogP contribution in [0.25, 0.3) is 0 Å². The largest absolute Gasteiger partial charge is 0.378 e. The molecular formula is C14H21NO3S. The van der Waals surface area contributed by atoms with E-state index < -0.39 is 10.0 Å². The van der Waals surface area contributed by atoms with Crippen LogP contribution >= 0.6 is 0 Å². The first-order valence-corrected chi connectivity index (χ1v) is 8.05. The van der Waals surface area contributed by atoms with Gasteiger partial charge < -0.3 is 4.74 Å². The van der Waals surface area contributed by atoms with E-state index in [9.17, 15) is 8.42 Å². The first kappa shape index (κ1) is 14.5. The zero-order valence-electron chi connectivity index (χ0n) is 11.6. The maximum atomic E-state index is 12.2. The molecule has 2 rings (SSSR count). The van der Waals surface area contributed by atoms with Crippen LogP contribution in [0.4, 0.5) is 0 Å². The molecule has 2 atom stereocenters. The summed E-state index contributed by atoms with van der Waals surface area (Å²) in [5.41, 5.74) is -0.169. The maximum absolute atomic E-state index is 12.2. The fourth-order valence-corrected chi connectivity index (χ4v) is 3.85. The number of hydrogen-bond donors (Lipinski definition) is 1. The quantitative estimate of drug-likeness (QED) is 0.901. The smallest absolute Gasteiger partial charge is 0.240 e. The Kier molecular flexibility index (Phi) is 3.99. The van der Waals surface area contributed by atoms with Gasteiger partial charge in [-0.15, -0.1) is 0 Å². The maximum Gasteiger partial charge on any atom is 0.240 e. The molecule has 0 saturated heterocycles. The summed E-state index contributed by atoms with van der Waals surface area (Å²) in [6, 6.07) is 8.39. The Bertz CT molecular complexity index is 525. The molecule has 0 heterocycles. The van der Waals surface area contributed by atoms with E-state index in [0.717, 1.165) is 6.42 Å². The Morgan fingerprint density at radius 3 is 2.47 bits per heavy atom. The molecule has 1 saturated carbocycles. The molecule has 1 aliphatic carbocycles. The monoisotopic (exact) mass is 283 g/mol. The van der Waals surface area contributed by atoms with E-state index in [4.69, 9.17) is 4.74 Å². The van der Waals surface area contributed by atoms with E-state index in [2.05, 4.69) is 4.72 Å². The van der Waals surface area contributed by atoms with Gasteiger partial charge in [0.1, 0.15) is 0 Å². The van der Waals surface area contributed by atoms with Crippen LogP contribution in [0, 0.1) is 5.41 Å². The first-order chi connectivity index (χ1) is 8.88. The van der Waals surface area contributed by atoms with Gasteiger partial charge >= 0.3 is 0 Å². The van der Waals surface area contributed by atoms with Crippen molar-refractivity contribution in [3.05, 3.63) is 30.3 Å². The number of nitrogens with one attached hydrogen (secondary N) is 1. The van der Waals surface area contributed by atoms with Crippen molar-refractivity contribution in [1.29, 1.82) is 0 Å². The van der Waals surface area contributed by atoms with Crippen LogP contribution in [0.2, 0.25) is 0 Å². The Balaban J connectivity index is 2.07. The third-order valence-corrected chi connectivity index (χ3v) is 5.38. The minimum atomic E-state index is -3.44. The van der Waals surface area contributed by atoms with Crippen LogP contribution in [0.15, 0.2) is 35.2 Å². The van der Waals surface area contributed by atoms with E-state index in [0.29, 0.717) is 11.5 Å². The fraction of sp³-hybridized carbons (Fsp3) is 0.571. The van der Waals surface area contributed by atoms with E-state index in [1.807, 2.05) is 20.8 Å². The minimum Gasteiger partial charge on any atom is -0.378 e. The summed E-state index contributed by atoms with van der Waals surface area (Å²) < 4.78 is 32.9. The van der Waals surface area contributed by atoms with Crippen molar-refractivity contribution in [1.82, 2.24) is 4.72 Å². The van der Waals surface area contributed by atoms with E-state index in [-0.39, 0.29) is 17.6 Å². The predicted octanol–water partition coefficient (Wildman–Crippen LogP) is 2.17. The molecule has 1 aromatic carbocycles. The Hall–Kier alpha value is -0.910. The van der Waals surface area contributed by atoms with Gasteiger partial charge in [-0.1, -0.05) is 32.0 Å². The van der Waals surface area contributed by atoms with Crippen LogP contribution in [-0.2, 0) is 14.8 Å². The van der Waals surface area contributed by atoms with E-state index >= 15 is 0 Å². The molecule has 0 amide bonds. The van der Waals surface area contributed by atoms with Crippen LogP contribution in [0.5, 0.6) is 0 Å². The highest BCUT2D eigenvalue weighted by Crippen LogP contribution is 2.43. The second-order valence-corrected chi connectivity index (χ2v) is 7.20. The lowest BCUT2D eigenvalue weighted by molar-refractivity contribution is -0.108. The van der Waals surface area contributed by atoms with Crippen molar-refractivity contribution in [2.75, 3.05) is 6.61 Å². The van der Waals surface area contributed by atoms with Gasteiger partial charge in [0.05, 0.1) is 11.0 Å². The van der Waals surface area contributed by atoms with Crippen molar-refractivity contribution < 1.29 is 13.2 Å². The molecule has 0 radical (unpaired) electrons. The van der Waals surface area contributed by atoms with Gasteiger partial charge in [-0.25, -0.2) is 13.1 Å². The van der Waals surface area contributed by atoms with Gasteiger partial charge in [0.2, 0.25) is 10.0 Å². The Morgan fingerprint density at radius 1 is 1.32 bits per heavy atom. The molecule has 1 N–H and O–H groups in total. The lowest BCUT2D eigenvalue weighted by atomic mass is 9.65. The molecule has 0 bridgehead atoms. The summed E-state index contributed by atoms with van der Waals surface area (Å²) >= 11 is 0. The molecule has 106 valence electrons. The fourth-order valence-electron chi connectivity index (χ4n) is 2.42. The SMILES string of the molecule is CCOC1CC(NS(=O)(=O)c2ccccc2)C1(C)C. The van der Waals surface area contributed by atoms with E-state index in [1.165, 1.54) is 0 Å². The highest BCUT2D eigenvalue weighted by Gasteiger charge is 2.50. The van der Waals surface area contributed by atoms with Crippen LogP contribution < -0.4 is 4.72 Å². The molecule has 1 aromatic rings. The first-order valence-electron chi connectivity index (χ1n) is 6.57. The molecule has 19 heavy (non-hydrogen) atoms. The van der Waals surface area contributed by atoms with Gasteiger partial charge in [0, 0.05) is 18.1 Å². The average Bonchev–Trinajstić information content (AvgIpc) is 2.38. The molecule has 4 nitrogen and oxygen atoms in total. The number of ether oxygens (including phenoxy) is 1. The molecule has 0 aromatic heterocycles. The van der Waals surface area contributed by atoms with Crippen LogP contribution in [0.3, 0.4) is 0 Å². The summed E-state index contributed by atoms with van der Waals surface area (Å²) in [7, 11) is -3.44. The number of benzene rings is 1. The molecule has 1 aliphatic rings. The summed E-state index contributed by atoms with van der Waals surface area (Å²) in [6.07, 6.45) is 0.855. The normalized spacial score (nSPS) is 25.8. The molecule has 1 fully saturated rings. The second-order valence-electron chi connectivity index (χ2n) is 5.49. The highest BCUT2D eigenvalue weighted by atomic mass is 32.2. The van der Waals surface area contributed by atoms with Gasteiger partial charge in [0.15, 0.2) is 0 Å². The number of rotatable bonds is 5. The van der Waals surface area contributed by atoms with Crippen molar-refractivity contribution in [2.24, 2.45) is 5.41 Å². The third-order valence-electron chi connectivity index (χ3n) is 3.90. The standard InChI is InChI=1S/C14H21NO3S/c1-4-18-13-10-12(14(13,2)3)15-19(16,17)11-8-6-5-7-9-11/h5-9,12-13,15H,4,10H2,1-3H3. The third kappa shape index (κ3) is 2.83. The van der Waals surface area contributed by atoms with Gasteiger partial charge in [-0.05, 0) is 25.5 Å². The summed E-state index contributed by atoms with van der Waals surface area (Å²) in [5.74, 6) is 0. The highest BCUT2D eigenvalue weighted by molar-refractivity contribution is 7.89. The zero-order chi connectivity index (χ0) is 14.1. The molecule has 2 unspecified atom stereocenters. The summed E-state index contributed by atoms with van der Waals surface area (Å²) in [6.45, 7) is 6.69. The molecule has 5 heteroatoms. The lowest BCUT2D eigenvalue weighted by Gasteiger charge is -2.51. The summed E-state index contributed by atoms with van der Waals surface area (Å²) in [5, 5.41) is 0. The van der Waals surface area contributed by atoms with Gasteiger partial charge in [0.25, 0.3) is 0 Å². The second kappa shape index (κ2) is 5.23. The molecule has 0 spiro atoms. The topological polar surface area (TPSA) is 55.4 Å². The van der Waals surface area contributed by atoms with Crippen molar-refractivity contribution in [3.63, 3.8) is 0 Å². The van der Waals surface area contributed by atoms with Crippen molar-refractivity contribution in [3.8, 4) is 0 Å². The minimum absolute atomic E-state index is 0.0748. The number of sulfonamides is 1. The van der Waals surface area contributed by atoms with Crippen molar-refractivity contribution >= 4 is 10.0 Å². The average molecular weight is 283 g/mol. The van der Waals surface area contributed by atoms with E-state index in [1.54, 1.807) is 30.3 Å². The molecular weight excluding hydrogens is 262 g/mol. The zero-order valence-corrected chi connectivity index (χ0v) is 12.4. The lowest BCUT2D eigenvalue weighted by Crippen LogP contribution is -2.61. The predicted molar refractivity (Wildman–Crippen MR) is 74.4 cm³/mol. The Morgan fingerprint density at radius 2 is 1.95 bits per heavy atom. The van der Waals surface area contributed by atoms with Crippen LogP contribution in [-0.4, -0.2) is 27.2 Å². The molecule has 0 aliphatic heterocycles. The van der Waals surface area contributed by atoms with Gasteiger partial charge in [-0.3, -0.25) is 0 Å².